The van der Waals surface area contributed by atoms with E-state index in [0.29, 0.717) is 35.5 Å². The SMILES string of the molecule is CC(C)C(CC[C@@H](C)[C@H]1CC[C@H]2[C@@H]3[C@H](O)C[C@@H]4C[C@H](O)CC[C@]4(C)[C@H]3CC[C@]12C)C(=O)O. The van der Waals surface area contributed by atoms with Gasteiger partial charge in [0.25, 0.3) is 0 Å². The molecule has 4 aliphatic rings. The summed E-state index contributed by atoms with van der Waals surface area (Å²) in [6, 6.07) is 0. The maximum Gasteiger partial charge on any atom is 0.306 e. The minimum atomic E-state index is -0.644. The van der Waals surface area contributed by atoms with Crippen LogP contribution in [0.25, 0.3) is 0 Å². The van der Waals surface area contributed by atoms with Crippen molar-refractivity contribution in [1.82, 2.24) is 0 Å². The van der Waals surface area contributed by atoms with Crippen LogP contribution in [-0.4, -0.2) is 33.5 Å². The summed E-state index contributed by atoms with van der Waals surface area (Å²) in [6.45, 7) is 11.4. The van der Waals surface area contributed by atoms with Gasteiger partial charge >= 0.3 is 5.97 Å². The van der Waals surface area contributed by atoms with E-state index in [1.807, 2.05) is 13.8 Å². The molecule has 184 valence electrons. The molecule has 4 saturated carbocycles. The first-order valence-corrected chi connectivity index (χ1v) is 13.6. The minimum absolute atomic E-state index is 0.178. The first-order chi connectivity index (χ1) is 15.0. The predicted molar refractivity (Wildman–Crippen MR) is 127 cm³/mol. The number of fused-ring (bicyclic) bond motifs is 5. The molecule has 4 aliphatic carbocycles. The number of hydrogen-bond donors (Lipinski definition) is 3. The molecule has 4 nitrogen and oxygen atoms in total. The van der Waals surface area contributed by atoms with Crippen LogP contribution in [0, 0.1) is 58.2 Å². The van der Waals surface area contributed by atoms with Crippen molar-refractivity contribution >= 4 is 5.97 Å². The second-order valence-corrected chi connectivity index (χ2v) is 13.2. The molecule has 0 aliphatic heterocycles. The van der Waals surface area contributed by atoms with Gasteiger partial charge in [0.05, 0.1) is 18.1 Å². The highest BCUT2D eigenvalue weighted by Gasteiger charge is 2.62. The number of aliphatic carboxylic acids is 1. The van der Waals surface area contributed by atoms with E-state index in [0.717, 1.165) is 38.5 Å². The topological polar surface area (TPSA) is 77.8 Å². The second kappa shape index (κ2) is 8.87. The van der Waals surface area contributed by atoms with Gasteiger partial charge in [-0.05, 0) is 116 Å². The Morgan fingerprint density at radius 1 is 0.906 bits per heavy atom. The average molecular weight is 449 g/mol. The van der Waals surface area contributed by atoms with Gasteiger partial charge in [0.15, 0.2) is 0 Å². The predicted octanol–water partition coefficient (Wildman–Crippen LogP) is 5.75. The number of hydrogen-bond acceptors (Lipinski definition) is 3. The fourth-order valence-electron chi connectivity index (χ4n) is 9.56. The Morgan fingerprint density at radius 2 is 1.56 bits per heavy atom. The lowest BCUT2D eigenvalue weighted by atomic mass is 9.43. The lowest BCUT2D eigenvalue weighted by Crippen LogP contribution is -2.58. The van der Waals surface area contributed by atoms with Crippen molar-refractivity contribution < 1.29 is 20.1 Å². The van der Waals surface area contributed by atoms with Gasteiger partial charge in [-0.15, -0.1) is 0 Å². The van der Waals surface area contributed by atoms with Crippen molar-refractivity contribution in [3.05, 3.63) is 0 Å². The Hall–Kier alpha value is -0.610. The molecule has 4 fully saturated rings. The number of aliphatic hydroxyl groups excluding tert-OH is 2. The quantitative estimate of drug-likeness (QED) is 0.483. The monoisotopic (exact) mass is 448 g/mol. The van der Waals surface area contributed by atoms with Crippen molar-refractivity contribution in [2.24, 2.45) is 58.2 Å². The number of carboxylic acids is 1. The highest BCUT2D eigenvalue weighted by atomic mass is 16.4. The van der Waals surface area contributed by atoms with E-state index in [-0.39, 0.29) is 34.9 Å². The van der Waals surface area contributed by atoms with Crippen LogP contribution in [0.4, 0.5) is 0 Å². The largest absolute Gasteiger partial charge is 0.481 e. The fourth-order valence-corrected chi connectivity index (χ4v) is 9.56. The Labute approximate surface area is 195 Å². The molecule has 1 unspecified atom stereocenters. The molecule has 0 amide bonds. The molecule has 0 heterocycles. The molecule has 0 saturated heterocycles. The van der Waals surface area contributed by atoms with E-state index < -0.39 is 5.97 Å². The van der Waals surface area contributed by atoms with Crippen LogP contribution < -0.4 is 0 Å². The maximum absolute atomic E-state index is 11.7. The van der Waals surface area contributed by atoms with E-state index in [1.165, 1.54) is 25.7 Å². The van der Waals surface area contributed by atoms with Crippen molar-refractivity contribution in [2.45, 2.75) is 111 Å². The van der Waals surface area contributed by atoms with Gasteiger partial charge in [0, 0.05) is 0 Å². The van der Waals surface area contributed by atoms with Gasteiger partial charge in [0.2, 0.25) is 0 Å². The maximum atomic E-state index is 11.7. The Bertz CT molecular complexity index is 691. The van der Waals surface area contributed by atoms with Crippen molar-refractivity contribution in [3.63, 3.8) is 0 Å². The van der Waals surface area contributed by atoms with Gasteiger partial charge < -0.3 is 15.3 Å². The van der Waals surface area contributed by atoms with Crippen molar-refractivity contribution in [1.29, 1.82) is 0 Å². The van der Waals surface area contributed by atoms with Crippen molar-refractivity contribution in [2.75, 3.05) is 0 Å². The third-order valence-corrected chi connectivity index (χ3v) is 11.5. The zero-order chi connectivity index (χ0) is 23.4. The number of rotatable bonds is 6. The normalized spacial score (nSPS) is 47.9. The van der Waals surface area contributed by atoms with Gasteiger partial charge in [-0.1, -0.05) is 34.6 Å². The van der Waals surface area contributed by atoms with Crippen LogP contribution in [0.5, 0.6) is 0 Å². The van der Waals surface area contributed by atoms with Gasteiger partial charge in [-0.25, -0.2) is 0 Å². The minimum Gasteiger partial charge on any atom is -0.481 e. The van der Waals surface area contributed by atoms with Crippen LogP contribution in [0.1, 0.15) is 98.8 Å². The summed E-state index contributed by atoms with van der Waals surface area (Å²) in [7, 11) is 0. The van der Waals surface area contributed by atoms with Crippen LogP contribution in [0.15, 0.2) is 0 Å². The van der Waals surface area contributed by atoms with E-state index >= 15 is 0 Å². The third-order valence-electron chi connectivity index (χ3n) is 11.5. The van der Waals surface area contributed by atoms with E-state index in [4.69, 9.17) is 0 Å². The molecular formula is C28H48O4. The molecule has 0 bridgehead atoms. The average Bonchev–Trinajstić information content (AvgIpc) is 3.06. The molecule has 32 heavy (non-hydrogen) atoms. The summed E-state index contributed by atoms with van der Waals surface area (Å²) in [6.07, 6.45) is 10.1. The van der Waals surface area contributed by atoms with Gasteiger partial charge in [-0.2, -0.15) is 0 Å². The highest BCUT2D eigenvalue weighted by molar-refractivity contribution is 5.70. The second-order valence-electron chi connectivity index (χ2n) is 13.2. The van der Waals surface area contributed by atoms with E-state index in [9.17, 15) is 20.1 Å². The number of carbonyl (C=O) groups is 1. The lowest BCUT2D eigenvalue weighted by molar-refractivity contribution is -0.174. The van der Waals surface area contributed by atoms with E-state index in [1.54, 1.807) is 0 Å². The Kier molecular flexibility index (Phi) is 6.80. The van der Waals surface area contributed by atoms with Crippen LogP contribution in [0.3, 0.4) is 0 Å². The van der Waals surface area contributed by atoms with Crippen LogP contribution in [-0.2, 0) is 4.79 Å². The zero-order valence-electron chi connectivity index (χ0n) is 21.1. The first kappa shape index (κ1) is 24.5. The van der Waals surface area contributed by atoms with Crippen molar-refractivity contribution in [3.8, 4) is 0 Å². The van der Waals surface area contributed by atoms with E-state index in [2.05, 4.69) is 20.8 Å². The van der Waals surface area contributed by atoms with Gasteiger partial charge in [-0.3, -0.25) is 4.79 Å². The van der Waals surface area contributed by atoms with Gasteiger partial charge in [0.1, 0.15) is 0 Å². The summed E-state index contributed by atoms with van der Waals surface area (Å²) >= 11 is 0. The number of carboxylic acid groups (broad SMARTS) is 1. The standard InChI is InChI=1S/C28H48O4/c1-16(2)20(26(31)32)7-6-17(3)21-8-9-22-25-23(11-13-28(21,22)5)27(4)12-10-19(29)14-18(27)15-24(25)30/h16-25,29-30H,6-15H2,1-5H3,(H,31,32)/t17-,18+,19-,20?,21-,22+,23+,24-,25+,27+,28-/m1/s1. The molecular weight excluding hydrogens is 400 g/mol. The molecule has 0 spiro atoms. The lowest BCUT2D eigenvalue weighted by Gasteiger charge is -2.62. The molecule has 0 aromatic carbocycles. The third kappa shape index (κ3) is 3.96. The molecule has 0 aromatic heterocycles. The summed E-state index contributed by atoms with van der Waals surface area (Å²) < 4.78 is 0. The molecule has 4 rings (SSSR count). The molecule has 11 atom stereocenters. The number of aliphatic hydroxyl groups is 2. The molecule has 3 N–H and O–H groups in total. The molecule has 0 radical (unpaired) electrons. The first-order valence-electron chi connectivity index (χ1n) is 13.6. The summed E-state index contributed by atoms with van der Waals surface area (Å²) in [5.74, 6) is 2.53. The van der Waals surface area contributed by atoms with Crippen LogP contribution in [0.2, 0.25) is 0 Å². The highest BCUT2D eigenvalue weighted by Crippen LogP contribution is 2.68. The summed E-state index contributed by atoms with van der Waals surface area (Å²) in [4.78, 5) is 11.7. The Balaban J connectivity index is 1.49. The molecule has 4 heteroatoms. The Morgan fingerprint density at radius 3 is 2.22 bits per heavy atom. The summed E-state index contributed by atoms with van der Waals surface area (Å²) in [5, 5.41) is 31.3. The summed E-state index contributed by atoms with van der Waals surface area (Å²) in [5.41, 5.74) is 0.551. The van der Waals surface area contributed by atoms with Crippen LogP contribution >= 0.6 is 0 Å². The smallest absolute Gasteiger partial charge is 0.306 e. The zero-order valence-corrected chi connectivity index (χ0v) is 21.1. The fraction of sp³-hybridized carbons (Fsp3) is 0.964. The molecule has 0 aromatic rings.